The number of rotatable bonds is 5. The standard InChI is InChI=1S/C35H27ClN2O4/c1-20-18-29-35(26-11-4-5-12-27(26)37-34(35)41)30(32(39)22-8-7-9-24(19-22)42-2)31(33(40)21-14-16-23(36)17-15-21)38(29)28-13-6-3-10-25(20)28/h3-19,29-31H,1-2H3,(H,37,41)/t29-,30-,31+,35-/m0/s1. The van der Waals surface area contributed by atoms with E-state index < -0.39 is 23.4 Å². The summed E-state index contributed by atoms with van der Waals surface area (Å²) in [6, 6.07) is 27.3. The zero-order valence-corrected chi connectivity index (χ0v) is 23.8. The molecular weight excluding hydrogens is 548 g/mol. The molecule has 3 aliphatic heterocycles. The van der Waals surface area contributed by atoms with Crippen LogP contribution < -0.4 is 15.0 Å². The van der Waals surface area contributed by atoms with Gasteiger partial charge in [-0.05, 0) is 66.6 Å². The van der Waals surface area contributed by atoms with Gasteiger partial charge < -0.3 is 15.0 Å². The van der Waals surface area contributed by atoms with Crippen LogP contribution in [-0.4, -0.2) is 36.7 Å². The van der Waals surface area contributed by atoms with Gasteiger partial charge in [-0.15, -0.1) is 0 Å². The van der Waals surface area contributed by atoms with Crippen molar-refractivity contribution < 1.29 is 19.1 Å². The van der Waals surface area contributed by atoms with E-state index in [1.807, 2.05) is 66.4 Å². The second-order valence-corrected chi connectivity index (χ2v) is 11.4. The molecule has 1 N–H and O–H groups in total. The van der Waals surface area contributed by atoms with Crippen molar-refractivity contribution >= 4 is 46.0 Å². The number of nitrogens with zero attached hydrogens (tertiary/aromatic N) is 1. The Balaban J connectivity index is 1.55. The first-order valence-corrected chi connectivity index (χ1v) is 14.2. The lowest BCUT2D eigenvalue weighted by Crippen LogP contribution is -2.51. The number of methoxy groups -OCH3 is 1. The minimum absolute atomic E-state index is 0.255. The Morgan fingerprint density at radius 1 is 0.881 bits per heavy atom. The number of nitrogens with one attached hydrogen (secondary N) is 1. The number of Topliss-reactive ketones (excluding diaryl/α,β-unsaturated/α-hetero) is 2. The molecule has 1 amide bonds. The third-order valence-electron chi connectivity index (χ3n) is 8.92. The molecule has 4 aromatic rings. The molecule has 0 saturated carbocycles. The second-order valence-electron chi connectivity index (χ2n) is 11.0. The zero-order valence-electron chi connectivity index (χ0n) is 23.0. The van der Waals surface area contributed by atoms with E-state index in [1.54, 1.807) is 55.6 Å². The maximum Gasteiger partial charge on any atom is 0.238 e. The lowest BCUT2D eigenvalue weighted by atomic mass is 9.64. The van der Waals surface area contributed by atoms with Gasteiger partial charge in [-0.2, -0.15) is 0 Å². The number of hydrogen-bond acceptors (Lipinski definition) is 5. The highest BCUT2D eigenvalue weighted by Gasteiger charge is 2.70. The first-order chi connectivity index (χ1) is 20.4. The number of anilines is 2. The van der Waals surface area contributed by atoms with Crippen molar-refractivity contribution in [1.29, 1.82) is 0 Å². The maximum absolute atomic E-state index is 14.9. The molecule has 3 heterocycles. The third kappa shape index (κ3) is 3.61. The monoisotopic (exact) mass is 574 g/mol. The van der Waals surface area contributed by atoms with Gasteiger partial charge in [0, 0.05) is 33.1 Å². The van der Waals surface area contributed by atoms with E-state index in [0.29, 0.717) is 33.1 Å². The first kappa shape index (κ1) is 26.2. The minimum atomic E-state index is -1.38. The average molecular weight is 575 g/mol. The number of ether oxygens (including phenoxy) is 1. The minimum Gasteiger partial charge on any atom is -0.497 e. The fourth-order valence-corrected chi connectivity index (χ4v) is 7.25. The molecule has 1 saturated heterocycles. The number of allylic oxidation sites excluding steroid dienone is 1. The molecule has 3 aliphatic rings. The van der Waals surface area contributed by atoms with Crippen molar-refractivity contribution in [2.75, 3.05) is 17.3 Å². The van der Waals surface area contributed by atoms with Crippen LogP contribution in [0.4, 0.5) is 11.4 Å². The van der Waals surface area contributed by atoms with Crippen LogP contribution in [-0.2, 0) is 10.2 Å². The molecule has 4 aromatic carbocycles. The Labute approximate surface area is 248 Å². The summed E-state index contributed by atoms with van der Waals surface area (Å²) in [5.41, 5.74) is 3.52. The van der Waals surface area contributed by atoms with Crippen LogP contribution in [0.1, 0.15) is 38.8 Å². The maximum atomic E-state index is 14.9. The molecule has 7 heteroatoms. The van der Waals surface area contributed by atoms with Crippen molar-refractivity contribution in [3.05, 3.63) is 130 Å². The molecule has 7 rings (SSSR count). The molecule has 6 nitrogen and oxygen atoms in total. The predicted octanol–water partition coefficient (Wildman–Crippen LogP) is 6.59. The number of para-hydroxylation sites is 2. The summed E-state index contributed by atoms with van der Waals surface area (Å²) in [7, 11) is 1.54. The van der Waals surface area contributed by atoms with Crippen LogP contribution in [0.3, 0.4) is 0 Å². The number of ketones is 2. The average Bonchev–Trinajstić information content (AvgIpc) is 3.49. The fraction of sp³-hybridized carbons (Fsp3) is 0.171. The van der Waals surface area contributed by atoms with Crippen molar-refractivity contribution in [2.45, 2.75) is 24.4 Å². The Morgan fingerprint density at radius 2 is 1.62 bits per heavy atom. The highest BCUT2D eigenvalue weighted by atomic mass is 35.5. The van der Waals surface area contributed by atoms with E-state index in [-0.39, 0.29) is 17.5 Å². The Hall–Kier alpha value is -4.68. The quantitative estimate of drug-likeness (QED) is 0.272. The zero-order chi connectivity index (χ0) is 29.2. The highest BCUT2D eigenvalue weighted by molar-refractivity contribution is 6.30. The molecule has 0 radical (unpaired) electrons. The van der Waals surface area contributed by atoms with Crippen molar-refractivity contribution in [1.82, 2.24) is 0 Å². The number of amides is 1. The summed E-state index contributed by atoms with van der Waals surface area (Å²) in [5.74, 6) is -1.39. The lowest BCUT2D eigenvalue weighted by Gasteiger charge is -2.39. The summed E-state index contributed by atoms with van der Waals surface area (Å²) < 4.78 is 5.44. The molecule has 0 bridgehead atoms. The van der Waals surface area contributed by atoms with Crippen LogP contribution >= 0.6 is 11.6 Å². The van der Waals surface area contributed by atoms with Crippen LogP contribution in [0.25, 0.3) is 5.57 Å². The Kier molecular flexibility index (Phi) is 6.06. The van der Waals surface area contributed by atoms with Crippen LogP contribution in [0, 0.1) is 5.92 Å². The fourth-order valence-electron chi connectivity index (χ4n) is 7.13. The summed E-state index contributed by atoms with van der Waals surface area (Å²) >= 11 is 6.18. The van der Waals surface area contributed by atoms with E-state index in [2.05, 4.69) is 5.32 Å². The van der Waals surface area contributed by atoms with Gasteiger partial charge in [0.2, 0.25) is 5.91 Å². The Bertz CT molecular complexity index is 1810. The largest absolute Gasteiger partial charge is 0.497 e. The van der Waals surface area contributed by atoms with E-state index in [9.17, 15) is 14.4 Å². The van der Waals surface area contributed by atoms with Crippen molar-refractivity contribution in [3.8, 4) is 5.75 Å². The number of halogens is 1. The summed E-state index contributed by atoms with van der Waals surface area (Å²) in [6.07, 6.45) is 2.05. The number of fused-ring (bicyclic) bond motifs is 6. The van der Waals surface area contributed by atoms with Gasteiger partial charge in [0.05, 0.1) is 19.1 Å². The summed E-state index contributed by atoms with van der Waals surface area (Å²) in [5, 5.41) is 3.57. The van der Waals surface area contributed by atoms with Crippen LogP contribution in [0.5, 0.6) is 5.75 Å². The molecule has 208 valence electrons. The van der Waals surface area contributed by atoms with Crippen molar-refractivity contribution in [2.24, 2.45) is 5.92 Å². The molecular formula is C35H27ClN2O4. The van der Waals surface area contributed by atoms with E-state index in [1.165, 1.54) is 0 Å². The normalized spacial score (nSPS) is 23.5. The van der Waals surface area contributed by atoms with Gasteiger partial charge in [-0.1, -0.05) is 66.2 Å². The van der Waals surface area contributed by atoms with E-state index >= 15 is 0 Å². The second kappa shape index (κ2) is 9.71. The summed E-state index contributed by atoms with van der Waals surface area (Å²) in [4.78, 5) is 46.1. The highest BCUT2D eigenvalue weighted by Crippen LogP contribution is 2.58. The SMILES string of the molecule is COc1cccc(C(=O)[C@@H]2[C@H](C(=O)c3ccc(Cl)cc3)N3c4ccccc4C(C)=C[C@H]3[C@]23C(=O)Nc2ccccc23)c1. The van der Waals surface area contributed by atoms with Crippen LogP contribution in [0.15, 0.2) is 103 Å². The van der Waals surface area contributed by atoms with Gasteiger partial charge in [-0.3, -0.25) is 14.4 Å². The van der Waals surface area contributed by atoms with Gasteiger partial charge in [0.25, 0.3) is 0 Å². The molecule has 4 atom stereocenters. The van der Waals surface area contributed by atoms with E-state index in [0.717, 1.165) is 16.8 Å². The Morgan fingerprint density at radius 3 is 2.40 bits per heavy atom. The third-order valence-corrected chi connectivity index (χ3v) is 9.17. The molecule has 0 aromatic heterocycles. The van der Waals surface area contributed by atoms with Crippen molar-refractivity contribution in [3.63, 3.8) is 0 Å². The number of benzene rings is 4. The van der Waals surface area contributed by atoms with Gasteiger partial charge in [0.15, 0.2) is 11.6 Å². The predicted molar refractivity (Wildman–Crippen MR) is 163 cm³/mol. The first-order valence-electron chi connectivity index (χ1n) is 13.8. The molecule has 0 aliphatic carbocycles. The van der Waals surface area contributed by atoms with Crippen LogP contribution in [0.2, 0.25) is 5.02 Å². The smallest absolute Gasteiger partial charge is 0.238 e. The lowest BCUT2D eigenvalue weighted by molar-refractivity contribution is -0.121. The van der Waals surface area contributed by atoms with Gasteiger partial charge in [0.1, 0.15) is 17.2 Å². The number of hydrogen-bond donors (Lipinski definition) is 1. The summed E-state index contributed by atoms with van der Waals surface area (Å²) in [6.45, 7) is 2.01. The molecule has 42 heavy (non-hydrogen) atoms. The topological polar surface area (TPSA) is 75.7 Å². The number of carbonyl (C=O) groups excluding carboxylic acids is 3. The van der Waals surface area contributed by atoms with Gasteiger partial charge >= 0.3 is 0 Å². The number of carbonyl (C=O) groups is 3. The van der Waals surface area contributed by atoms with Gasteiger partial charge in [-0.25, -0.2) is 0 Å². The molecule has 1 fully saturated rings. The van der Waals surface area contributed by atoms with E-state index in [4.69, 9.17) is 16.3 Å². The molecule has 1 spiro atoms. The molecule has 0 unspecified atom stereocenters.